The fraction of sp³-hybridized carbons (Fsp3) is 0.455. The van der Waals surface area contributed by atoms with Crippen molar-refractivity contribution in [2.45, 2.75) is 19.3 Å². The number of carbonyl (C=O) groups is 1. The molecule has 15 heavy (non-hydrogen) atoms. The van der Waals surface area contributed by atoms with E-state index in [-0.39, 0.29) is 11.5 Å². The molecule has 1 aliphatic carbocycles. The number of rotatable bonds is 4. The van der Waals surface area contributed by atoms with Gasteiger partial charge in [-0.25, -0.2) is 4.98 Å². The SMILES string of the molecule is O=C(NCCC1CC1)c1cccnc1F. The second-order valence-corrected chi connectivity index (χ2v) is 3.83. The molecule has 80 valence electrons. The van der Waals surface area contributed by atoms with Gasteiger partial charge in [-0.15, -0.1) is 0 Å². The van der Waals surface area contributed by atoms with Gasteiger partial charge in [0.05, 0.1) is 5.56 Å². The van der Waals surface area contributed by atoms with E-state index in [1.165, 1.54) is 25.1 Å². The molecule has 4 heteroatoms. The highest BCUT2D eigenvalue weighted by molar-refractivity contribution is 5.94. The van der Waals surface area contributed by atoms with Crippen molar-refractivity contribution in [1.29, 1.82) is 0 Å². The third kappa shape index (κ3) is 2.75. The Morgan fingerprint density at radius 1 is 1.60 bits per heavy atom. The molecule has 1 amide bonds. The molecule has 1 aliphatic rings. The van der Waals surface area contributed by atoms with E-state index < -0.39 is 5.95 Å². The average molecular weight is 208 g/mol. The summed E-state index contributed by atoms with van der Waals surface area (Å²) >= 11 is 0. The second kappa shape index (κ2) is 4.38. The molecule has 1 aromatic heterocycles. The highest BCUT2D eigenvalue weighted by atomic mass is 19.1. The van der Waals surface area contributed by atoms with Crippen LogP contribution in [0.15, 0.2) is 18.3 Å². The van der Waals surface area contributed by atoms with E-state index in [2.05, 4.69) is 10.3 Å². The third-order valence-corrected chi connectivity index (χ3v) is 2.54. The zero-order valence-corrected chi connectivity index (χ0v) is 8.37. The van der Waals surface area contributed by atoms with Crippen molar-refractivity contribution < 1.29 is 9.18 Å². The maximum Gasteiger partial charge on any atom is 0.255 e. The Morgan fingerprint density at radius 3 is 3.07 bits per heavy atom. The summed E-state index contributed by atoms with van der Waals surface area (Å²) in [5.41, 5.74) is 0.0216. The molecular weight excluding hydrogens is 195 g/mol. The van der Waals surface area contributed by atoms with E-state index >= 15 is 0 Å². The fourth-order valence-electron chi connectivity index (χ4n) is 1.45. The summed E-state index contributed by atoms with van der Waals surface area (Å²) in [6.45, 7) is 0.623. The lowest BCUT2D eigenvalue weighted by Gasteiger charge is -2.04. The molecule has 1 N–H and O–H groups in total. The van der Waals surface area contributed by atoms with Gasteiger partial charge >= 0.3 is 0 Å². The fourth-order valence-corrected chi connectivity index (χ4v) is 1.45. The molecule has 0 saturated heterocycles. The number of carbonyl (C=O) groups excluding carboxylic acids is 1. The number of amides is 1. The van der Waals surface area contributed by atoms with Crippen LogP contribution in [0.1, 0.15) is 29.6 Å². The Morgan fingerprint density at radius 2 is 2.40 bits per heavy atom. The number of nitrogens with zero attached hydrogens (tertiary/aromatic N) is 1. The molecule has 1 saturated carbocycles. The average Bonchev–Trinajstić information content (AvgIpc) is 3.02. The normalized spacial score (nSPS) is 15.0. The first kappa shape index (κ1) is 10.1. The first-order valence-electron chi connectivity index (χ1n) is 5.16. The van der Waals surface area contributed by atoms with Crippen LogP contribution in [0.5, 0.6) is 0 Å². The number of nitrogens with one attached hydrogen (secondary N) is 1. The second-order valence-electron chi connectivity index (χ2n) is 3.83. The Balaban J connectivity index is 1.86. The molecule has 1 fully saturated rings. The van der Waals surface area contributed by atoms with Gasteiger partial charge in [0.25, 0.3) is 5.91 Å². The van der Waals surface area contributed by atoms with E-state index in [1.807, 2.05) is 0 Å². The maximum atomic E-state index is 13.1. The molecule has 0 spiro atoms. The first-order valence-corrected chi connectivity index (χ1v) is 5.16. The van der Waals surface area contributed by atoms with Crippen molar-refractivity contribution >= 4 is 5.91 Å². The largest absolute Gasteiger partial charge is 0.352 e. The number of halogens is 1. The Hall–Kier alpha value is -1.45. The van der Waals surface area contributed by atoms with Gasteiger partial charge in [-0.3, -0.25) is 4.79 Å². The minimum atomic E-state index is -0.707. The van der Waals surface area contributed by atoms with Gasteiger partial charge in [-0.1, -0.05) is 12.8 Å². The van der Waals surface area contributed by atoms with Gasteiger partial charge < -0.3 is 5.32 Å². The molecule has 0 aromatic carbocycles. The lowest BCUT2D eigenvalue weighted by Crippen LogP contribution is -2.25. The molecule has 0 bridgehead atoms. The van der Waals surface area contributed by atoms with Crippen molar-refractivity contribution in [3.63, 3.8) is 0 Å². The van der Waals surface area contributed by atoms with Crippen LogP contribution in [0, 0.1) is 11.9 Å². The van der Waals surface area contributed by atoms with Crippen LogP contribution in [0.4, 0.5) is 4.39 Å². The molecule has 1 aromatic rings. The standard InChI is InChI=1S/C11H13FN2O/c12-10-9(2-1-6-13-10)11(15)14-7-5-8-3-4-8/h1-2,6,8H,3-5,7H2,(H,14,15). The summed E-state index contributed by atoms with van der Waals surface area (Å²) < 4.78 is 13.1. The van der Waals surface area contributed by atoms with Crippen molar-refractivity contribution in [3.05, 3.63) is 29.8 Å². The van der Waals surface area contributed by atoms with E-state index in [0.29, 0.717) is 6.54 Å². The Labute approximate surface area is 87.7 Å². The zero-order valence-electron chi connectivity index (χ0n) is 8.37. The summed E-state index contributed by atoms with van der Waals surface area (Å²) in [5, 5.41) is 2.69. The number of aromatic nitrogens is 1. The maximum absolute atomic E-state index is 13.1. The van der Waals surface area contributed by atoms with Gasteiger partial charge in [0, 0.05) is 12.7 Å². The van der Waals surface area contributed by atoms with Gasteiger partial charge in [0.15, 0.2) is 0 Å². The van der Waals surface area contributed by atoms with E-state index in [9.17, 15) is 9.18 Å². The summed E-state index contributed by atoms with van der Waals surface area (Å²) in [7, 11) is 0. The summed E-state index contributed by atoms with van der Waals surface area (Å²) in [6.07, 6.45) is 4.85. The van der Waals surface area contributed by atoms with Crippen LogP contribution in [-0.2, 0) is 0 Å². The van der Waals surface area contributed by atoms with Crippen molar-refractivity contribution in [2.75, 3.05) is 6.54 Å². The van der Waals surface area contributed by atoms with Gasteiger partial charge in [0.2, 0.25) is 5.95 Å². The van der Waals surface area contributed by atoms with Crippen LogP contribution in [0.2, 0.25) is 0 Å². The zero-order chi connectivity index (χ0) is 10.7. The quantitative estimate of drug-likeness (QED) is 0.766. The first-order chi connectivity index (χ1) is 7.27. The number of pyridine rings is 1. The van der Waals surface area contributed by atoms with Crippen molar-refractivity contribution in [2.24, 2.45) is 5.92 Å². The monoisotopic (exact) mass is 208 g/mol. The summed E-state index contributed by atoms with van der Waals surface area (Å²) in [5.74, 6) is -0.313. The minimum Gasteiger partial charge on any atom is -0.352 e. The highest BCUT2D eigenvalue weighted by Crippen LogP contribution is 2.31. The topological polar surface area (TPSA) is 42.0 Å². The van der Waals surface area contributed by atoms with Gasteiger partial charge in [0.1, 0.15) is 0 Å². The summed E-state index contributed by atoms with van der Waals surface area (Å²) in [6, 6.07) is 2.99. The van der Waals surface area contributed by atoms with Crippen LogP contribution in [0.25, 0.3) is 0 Å². The predicted octanol–water partition coefficient (Wildman–Crippen LogP) is 1.75. The van der Waals surface area contributed by atoms with Crippen LogP contribution < -0.4 is 5.32 Å². The van der Waals surface area contributed by atoms with E-state index in [0.717, 1.165) is 12.3 Å². The molecule has 0 radical (unpaired) electrons. The molecule has 1 heterocycles. The minimum absolute atomic E-state index is 0.0216. The number of hydrogen-bond donors (Lipinski definition) is 1. The van der Waals surface area contributed by atoms with Crippen molar-refractivity contribution in [1.82, 2.24) is 10.3 Å². The van der Waals surface area contributed by atoms with Crippen LogP contribution in [-0.4, -0.2) is 17.4 Å². The molecule has 3 nitrogen and oxygen atoms in total. The van der Waals surface area contributed by atoms with E-state index in [1.54, 1.807) is 6.07 Å². The Bertz CT molecular complexity index is 363. The van der Waals surface area contributed by atoms with Gasteiger partial charge in [-0.05, 0) is 24.5 Å². The van der Waals surface area contributed by atoms with E-state index in [4.69, 9.17) is 0 Å². The van der Waals surface area contributed by atoms with Crippen LogP contribution in [0.3, 0.4) is 0 Å². The molecule has 0 atom stereocenters. The van der Waals surface area contributed by atoms with Crippen molar-refractivity contribution in [3.8, 4) is 0 Å². The lowest BCUT2D eigenvalue weighted by molar-refractivity contribution is 0.0947. The number of hydrogen-bond acceptors (Lipinski definition) is 2. The molecule has 2 rings (SSSR count). The lowest BCUT2D eigenvalue weighted by atomic mass is 10.2. The molecule has 0 unspecified atom stereocenters. The predicted molar refractivity (Wildman–Crippen MR) is 53.9 cm³/mol. The van der Waals surface area contributed by atoms with Crippen LogP contribution >= 0.6 is 0 Å². The molecule has 0 aliphatic heterocycles. The summed E-state index contributed by atoms with van der Waals surface area (Å²) in [4.78, 5) is 14.9. The van der Waals surface area contributed by atoms with Gasteiger partial charge in [-0.2, -0.15) is 4.39 Å². The molecular formula is C11H13FN2O. The third-order valence-electron chi connectivity index (χ3n) is 2.54. The highest BCUT2D eigenvalue weighted by Gasteiger charge is 2.21. The smallest absolute Gasteiger partial charge is 0.255 e. The Kier molecular flexibility index (Phi) is 2.94.